The number of nitrogens with zero attached hydrogens (tertiary/aromatic N) is 2. The molecule has 1 fully saturated rings. The average molecular weight is 477 g/mol. The molecule has 0 atom stereocenters. The van der Waals surface area contributed by atoms with Crippen LogP contribution < -0.4 is 4.74 Å². The quantitative estimate of drug-likeness (QED) is 0.441. The second-order valence-corrected chi connectivity index (χ2v) is 8.37. The lowest BCUT2D eigenvalue weighted by Crippen LogP contribution is -2.28. The Labute approximate surface area is 200 Å². The predicted molar refractivity (Wildman–Crippen MR) is 131 cm³/mol. The zero-order chi connectivity index (χ0) is 24.1. The number of likely N-dealkylation sites (N-methyl/N-ethyl adjacent to an activating group) is 1. The van der Waals surface area contributed by atoms with Crippen molar-refractivity contribution in [2.45, 2.75) is 13.5 Å². The lowest BCUT2D eigenvalue weighted by molar-refractivity contribution is -0.122. The van der Waals surface area contributed by atoms with Crippen molar-refractivity contribution in [3.05, 3.63) is 100 Å². The fraction of sp³-hybridized carbons (Fsp3) is 0.115. The zero-order valence-corrected chi connectivity index (χ0v) is 19.1. The van der Waals surface area contributed by atoms with Gasteiger partial charge in [-0.2, -0.15) is 0 Å². The number of rotatable bonds is 7. The third-order valence-electron chi connectivity index (χ3n) is 5.03. The van der Waals surface area contributed by atoms with Gasteiger partial charge in [-0.1, -0.05) is 30.3 Å². The fourth-order valence-corrected chi connectivity index (χ4v) is 4.37. The molecule has 0 spiro atoms. The highest BCUT2D eigenvalue weighted by molar-refractivity contribution is 8.18. The van der Waals surface area contributed by atoms with E-state index >= 15 is 0 Å². The third-order valence-corrected chi connectivity index (χ3v) is 6.04. The Morgan fingerprint density at radius 2 is 1.88 bits per heavy atom. The molecule has 0 aliphatic carbocycles. The molecule has 8 heteroatoms. The van der Waals surface area contributed by atoms with Crippen LogP contribution in [0.15, 0.2) is 82.7 Å². The van der Waals surface area contributed by atoms with Crippen LogP contribution >= 0.6 is 11.8 Å². The largest absolute Gasteiger partial charge is 0.488 e. The van der Waals surface area contributed by atoms with Gasteiger partial charge >= 0.3 is 5.97 Å². The molecule has 0 unspecified atom stereocenters. The van der Waals surface area contributed by atoms with Gasteiger partial charge in [-0.15, -0.1) is 0 Å². The third kappa shape index (κ3) is 5.35. The monoisotopic (exact) mass is 476 g/mol. The standard InChI is InChI=1S/C26H21FN2O4S/c1-2-29-24(30)23(34-26(29)28-21-12-10-18(11-13-21)25(31)32)15-19-7-3-4-9-22(19)33-16-17-6-5-8-20(27)14-17/h3-15H,2,16H2,1H3,(H,31,32)/b23-15-,28-26?. The van der Waals surface area contributed by atoms with Crippen LogP contribution in [0.2, 0.25) is 0 Å². The fourth-order valence-electron chi connectivity index (χ4n) is 3.32. The molecule has 0 bridgehead atoms. The van der Waals surface area contributed by atoms with E-state index in [0.29, 0.717) is 33.6 Å². The number of benzene rings is 3. The average Bonchev–Trinajstić information content (AvgIpc) is 3.12. The van der Waals surface area contributed by atoms with E-state index in [1.54, 1.807) is 41.3 Å². The molecule has 6 nitrogen and oxygen atoms in total. The molecule has 172 valence electrons. The van der Waals surface area contributed by atoms with Gasteiger partial charge in [0.15, 0.2) is 5.17 Å². The van der Waals surface area contributed by atoms with Crippen LogP contribution in [-0.4, -0.2) is 33.6 Å². The number of ether oxygens (including phenoxy) is 1. The van der Waals surface area contributed by atoms with Gasteiger partial charge in [0.25, 0.3) is 5.91 Å². The topological polar surface area (TPSA) is 79.2 Å². The highest BCUT2D eigenvalue weighted by atomic mass is 32.2. The summed E-state index contributed by atoms with van der Waals surface area (Å²) in [7, 11) is 0. The van der Waals surface area contributed by atoms with Crippen molar-refractivity contribution in [1.29, 1.82) is 0 Å². The SMILES string of the molecule is CCN1C(=O)/C(=C/c2ccccc2OCc2cccc(F)c2)SC1=Nc1ccc(C(=O)O)cc1. The minimum absolute atomic E-state index is 0.168. The number of hydrogen-bond acceptors (Lipinski definition) is 5. The normalized spacial score (nSPS) is 15.8. The molecule has 0 saturated carbocycles. The van der Waals surface area contributed by atoms with Gasteiger partial charge in [0, 0.05) is 12.1 Å². The Balaban J connectivity index is 1.57. The number of amidine groups is 1. The first-order valence-electron chi connectivity index (χ1n) is 10.5. The van der Waals surface area contributed by atoms with Crippen LogP contribution in [0.1, 0.15) is 28.4 Å². The van der Waals surface area contributed by atoms with E-state index in [2.05, 4.69) is 4.99 Å². The minimum atomic E-state index is -1.01. The van der Waals surface area contributed by atoms with Crippen LogP contribution in [0.4, 0.5) is 10.1 Å². The van der Waals surface area contributed by atoms with Crippen molar-refractivity contribution >= 4 is 40.6 Å². The number of aromatic carboxylic acids is 1. The first kappa shape index (κ1) is 23.3. The number of aliphatic imine (C=N–C) groups is 1. The van der Waals surface area contributed by atoms with Gasteiger partial charge in [0.1, 0.15) is 18.2 Å². The summed E-state index contributed by atoms with van der Waals surface area (Å²) in [6.07, 6.45) is 1.76. The highest BCUT2D eigenvalue weighted by Crippen LogP contribution is 2.35. The van der Waals surface area contributed by atoms with Crippen LogP contribution in [0.25, 0.3) is 6.08 Å². The molecule has 1 amide bonds. The predicted octanol–water partition coefficient (Wildman–Crippen LogP) is 5.73. The van der Waals surface area contributed by atoms with Crippen molar-refractivity contribution in [2.24, 2.45) is 4.99 Å². The molecule has 4 rings (SSSR count). The summed E-state index contributed by atoms with van der Waals surface area (Å²) < 4.78 is 19.4. The number of carbonyl (C=O) groups is 2. The molecule has 1 N–H and O–H groups in total. The lowest BCUT2D eigenvalue weighted by Gasteiger charge is -2.12. The summed E-state index contributed by atoms with van der Waals surface area (Å²) in [5.41, 5.74) is 2.15. The van der Waals surface area contributed by atoms with Crippen LogP contribution in [0, 0.1) is 5.82 Å². The van der Waals surface area contributed by atoms with Crippen molar-refractivity contribution < 1.29 is 23.8 Å². The number of carboxylic acid groups (broad SMARTS) is 1. The molecule has 1 saturated heterocycles. The molecule has 34 heavy (non-hydrogen) atoms. The first-order chi connectivity index (χ1) is 16.4. The van der Waals surface area contributed by atoms with Gasteiger partial charge in [-0.3, -0.25) is 9.69 Å². The maximum atomic E-state index is 13.5. The number of amides is 1. The smallest absolute Gasteiger partial charge is 0.335 e. The summed E-state index contributed by atoms with van der Waals surface area (Å²) >= 11 is 1.24. The van der Waals surface area contributed by atoms with Crippen LogP contribution in [0.3, 0.4) is 0 Å². The van der Waals surface area contributed by atoms with Gasteiger partial charge in [-0.05, 0) is 72.8 Å². The Hall–Kier alpha value is -3.91. The summed E-state index contributed by atoms with van der Waals surface area (Å²) in [6.45, 7) is 2.49. The Kier molecular flexibility index (Phi) is 7.08. The molecule has 1 heterocycles. The summed E-state index contributed by atoms with van der Waals surface area (Å²) in [4.78, 5) is 30.7. The van der Waals surface area contributed by atoms with E-state index < -0.39 is 5.97 Å². The molecule has 0 aromatic heterocycles. The zero-order valence-electron chi connectivity index (χ0n) is 18.3. The van der Waals surface area contributed by atoms with E-state index in [-0.39, 0.29) is 23.9 Å². The summed E-state index contributed by atoms with van der Waals surface area (Å²) in [5.74, 6) is -0.935. The van der Waals surface area contributed by atoms with Crippen molar-refractivity contribution in [3.63, 3.8) is 0 Å². The van der Waals surface area contributed by atoms with Crippen molar-refractivity contribution in [2.75, 3.05) is 6.54 Å². The van der Waals surface area contributed by atoms with Crippen LogP contribution in [0.5, 0.6) is 5.75 Å². The van der Waals surface area contributed by atoms with Gasteiger partial charge in [0.05, 0.1) is 16.2 Å². The van der Waals surface area contributed by atoms with E-state index in [1.807, 2.05) is 25.1 Å². The molecule has 1 aliphatic rings. The number of halogens is 1. The molecule has 0 radical (unpaired) electrons. The Morgan fingerprint density at radius 3 is 2.59 bits per heavy atom. The first-order valence-corrected chi connectivity index (χ1v) is 11.4. The van der Waals surface area contributed by atoms with Gasteiger partial charge < -0.3 is 9.84 Å². The molecule has 3 aromatic carbocycles. The van der Waals surface area contributed by atoms with E-state index in [9.17, 15) is 14.0 Å². The van der Waals surface area contributed by atoms with Crippen molar-refractivity contribution in [1.82, 2.24) is 4.90 Å². The van der Waals surface area contributed by atoms with E-state index in [0.717, 1.165) is 5.56 Å². The second-order valence-electron chi connectivity index (χ2n) is 7.36. The Morgan fingerprint density at radius 1 is 1.12 bits per heavy atom. The van der Waals surface area contributed by atoms with E-state index in [4.69, 9.17) is 9.84 Å². The molecular formula is C26H21FN2O4S. The summed E-state index contributed by atoms with van der Waals surface area (Å²) in [5, 5.41) is 9.57. The second kappa shape index (κ2) is 10.4. The number of carbonyl (C=O) groups excluding carboxylic acids is 1. The maximum Gasteiger partial charge on any atom is 0.335 e. The van der Waals surface area contributed by atoms with Crippen LogP contribution in [-0.2, 0) is 11.4 Å². The van der Waals surface area contributed by atoms with Gasteiger partial charge in [0.2, 0.25) is 0 Å². The van der Waals surface area contributed by atoms with E-state index in [1.165, 1.54) is 36.0 Å². The van der Waals surface area contributed by atoms with Gasteiger partial charge in [-0.25, -0.2) is 14.2 Å². The Bertz CT molecular complexity index is 1290. The molecule has 3 aromatic rings. The molecule has 1 aliphatic heterocycles. The number of carboxylic acids is 1. The number of hydrogen-bond donors (Lipinski definition) is 1. The maximum absolute atomic E-state index is 13.5. The number of para-hydroxylation sites is 1. The van der Waals surface area contributed by atoms with Crippen molar-refractivity contribution in [3.8, 4) is 5.75 Å². The minimum Gasteiger partial charge on any atom is -0.488 e. The molecular weight excluding hydrogens is 455 g/mol. The summed E-state index contributed by atoms with van der Waals surface area (Å²) in [6, 6.07) is 19.7. The highest BCUT2D eigenvalue weighted by Gasteiger charge is 2.32. The lowest BCUT2D eigenvalue weighted by atomic mass is 10.1. The number of thioether (sulfide) groups is 1.